The van der Waals surface area contributed by atoms with Crippen LogP contribution in [0, 0.1) is 0 Å². The highest BCUT2D eigenvalue weighted by Gasteiger charge is 2.09. The Hall–Kier alpha value is -1.02. The molecule has 0 aromatic heterocycles. The summed E-state index contributed by atoms with van der Waals surface area (Å²) >= 11 is 1.85. The monoisotopic (exact) mass is 248 g/mol. The Morgan fingerprint density at radius 3 is 2.88 bits per heavy atom. The third-order valence-electron chi connectivity index (χ3n) is 2.59. The Kier molecular flexibility index (Phi) is 6.71. The predicted octanol–water partition coefficient (Wildman–Crippen LogP) is 4.48. The Morgan fingerprint density at radius 2 is 2.18 bits per heavy atom. The van der Waals surface area contributed by atoms with Crippen LogP contribution in [-0.4, -0.2) is 11.5 Å². The summed E-state index contributed by atoms with van der Waals surface area (Å²) in [6.07, 6.45) is 4.31. The van der Waals surface area contributed by atoms with Gasteiger partial charge in [0.05, 0.1) is 0 Å². The van der Waals surface area contributed by atoms with Crippen LogP contribution in [0.4, 0.5) is 0 Å². The molecule has 92 valence electrons. The van der Waals surface area contributed by atoms with Crippen LogP contribution in [0.2, 0.25) is 0 Å². The van der Waals surface area contributed by atoms with Crippen molar-refractivity contribution in [2.24, 2.45) is 0 Å². The lowest BCUT2D eigenvalue weighted by molar-refractivity contribution is 0.0980. The molecule has 0 spiro atoms. The number of benzene rings is 1. The van der Waals surface area contributed by atoms with Crippen LogP contribution in [0.25, 0.3) is 0 Å². The van der Waals surface area contributed by atoms with E-state index >= 15 is 0 Å². The summed E-state index contributed by atoms with van der Waals surface area (Å²) in [5.41, 5.74) is 2.07. The minimum atomic E-state index is 0.263. The Morgan fingerprint density at radius 1 is 1.41 bits per heavy atom. The molecular formula is C15H20OS. The standard InChI is InChI=1S/C15H20OS/c1-3-5-6-11-15(16)14-10-8-7-9-13(14)12-17-4-2/h3,7-10H,1,4-6,11-12H2,2H3. The summed E-state index contributed by atoms with van der Waals surface area (Å²) in [6.45, 7) is 5.81. The number of carbonyl (C=O) groups excluding carboxylic acids is 1. The molecule has 1 aromatic carbocycles. The molecule has 0 aliphatic rings. The van der Waals surface area contributed by atoms with Gasteiger partial charge in [-0.05, 0) is 24.2 Å². The van der Waals surface area contributed by atoms with Crippen molar-refractivity contribution in [3.8, 4) is 0 Å². The van der Waals surface area contributed by atoms with Gasteiger partial charge in [0.25, 0.3) is 0 Å². The van der Waals surface area contributed by atoms with Gasteiger partial charge in [-0.25, -0.2) is 0 Å². The van der Waals surface area contributed by atoms with E-state index < -0.39 is 0 Å². The van der Waals surface area contributed by atoms with Gasteiger partial charge in [0.1, 0.15) is 0 Å². The van der Waals surface area contributed by atoms with E-state index in [-0.39, 0.29) is 5.78 Å². The van der Waals surface area contributed by atoms with Crippen molar-refractivity contribution < 1.29 is 4.79 Å². The molecule has 2 heteroatoms. The fourth-order valence-electron chi connectivity index (χ4n) is 1.67. The molecule has 0 heterocycles. The zero-order chi connectivity index (χ0) is 12.5. The van der Waals surface area contributed by atoms with Crippen LogP contribution in [-0.2, 0) is 5.75 Å². The summed E-state index contributed by atoms with van der Waals surface area (Å²) in [5, 5.41) is 0. The number of allylic oxidation sites excluding steroid dienone is 1. The molecule has 0 atom stereocenters. The van der Waals surface area contributed by atoms with E-state index in [2.05, 4.69) is 19.6 Å². The number of carbonyl (C=O) groups is 1. The van der Waals surface area contributed by atoms with Crippen molar-refractivity contribution in [2.75, 3.05) is 5.75 Å². The number of thioether (sulfide) groups is 1. The number of ketones is 1. The van der Waals surface area contributed by atoms with Gasteiger partial charge >= 0.3 is 0 Å². The molecule has 0 unspecified atom stereocenters. The molecule has 1 aromatic rings. The second-order valence-electron chi connectivity index (χ2n) is 3.90. The minimum absolute atomic E-state index is 0.263. The van der Waals surface area contributed by atoms with Crippen molar-refractivity contribution in [2.45, 2.75) is 31.9 Å². The second kappa shape index (κ2) is 8.13. The van der Waals surface area contributed by atoms with E-state index in [0.29, 0.717) is 6.42 Å². The zero-order valence-electron chi connectivity index (χ0n) is 10.4. The molecular weight excluding hydrogens is 228 g/mol. The predicted molar refractivity (Wildman–Crippen MR) is 76.7 cm³/mol. The molecule has 0 amide bonds. The molecule has 0 radical (unpaired) electrons. The van der Waals surface area contributed by atoms with Crippen molar-refractivity contribution in [1.82, 2.24) is 0 Å². The number of rotatable bonds is 8. The number of unbranched alkanes of at least 4 members (excludes halogenated alkanes) is 1. The molecule has 0 aliphatic carbocycles. The molecule has 0 fully saturated rings. The lowest BCUT2D eigenvalue weighted by Crippen LogP contribution is -2.03. The largest absolute Gasteiger partial charge is 0.294 e. The average Bonchev–Trinajstić information content (AvgIpc) is 2.37. The molecule has 17 heavy (non-hydrogen) atoms. The van der Waals surface area contributed by atoms with Crippen LogP contribution < -0.4 is 0 Å². The van der Waals surface area contributed by atoms with Crippen LogP contribution in [0.5, 0.6) is 0 Å². The van der Waals surface area contributed by atoms with Crippen molar-refractivity contribution >= 4 is 17.5 Å². The summed E-state index contributed by atoms with van der Waals surface area (Å²) in [7, 11) is 0. The highest BCUT2D eigenvalue weighted by molar-refractivity contribution is 7.98. The van der Waals surface area contributed by atoms with Crippen LogP contribution >= 0.6 is 11.8 Å². The number of hydrogen-bond donors (Lipinski definition) is 0. The normalized spacial score (nSPS) is 10.2. The van der Waals surface area contributed by atoms with Crippen LogP contribution in [0.1, 0.15) is 42.1 Å². The van der Waals surface area contributed by atoms with Gasteiger partial charge in [0.15, 0.2) is 5.78 Å². The first kappa shape index (κ1) is 14.0. The van der Waals surface area contributed by atoms with Gasteiger partial charge in [-0.15, -0.1) is 6.58 Å². The molecule has 1 rings (SSSR count). The Labute approximate surface area is 108 Å². The molecule has 1 nitrogen and oxygen atoms in total. The first-order chi connectivity index (χ1) is 8.29. The summed E-state index contributed by atoms with van der Waals surface area (Å²) in [6, 6.07) is 7.96. The lowest BCUT2D eigenvalue weighted by atomic mass is 10.0. The molecule has 0 bridgehead atoms. The first-order valence-electron chi connectivity index (χ1n) is 6.09. The van der Waals surface area contributed by atoms with Gasteiger partial charge in [-0.1, -0.05) is 37.3 Å². The number of Topliss-reactive ketones (excluding diaryl/α,β-unsaturated/α-hetero) is 1. The lowest BCUT2D eigenvalue weighted by Gasteiger charge is -2.07. The maximum Gasteiger partial charge on any atom is 0.163 e. The number of hydrogen-bond acceptors (Lipinski definition) is 2. The SMILES string of the molecule is C=CCCCC(=O)c1ccccc1CSCC. The maximum absolute atomic E-state index is 12.1. The first-order valence-corrected chi connectivity index (χ1v) is 7.24. The minimum Gasteiger partial charge on any atom is -0.294 e. The zero-order valence-corrected chi connectivity index (χ0v) is 11.3. The topological polar surface area (TPSA) is 17.1 Å². The summed E-state index contributed by atoms with van der Waals surface area (Å²) < 4.78 is 0. The fraction of sp³-hybridized carbons (Fsp3) is 0.400. The van der Waals surface area contributed by atoms with Crippen molar-refractivity contribution in [1.29, 1.82) is 0 Å². The molecule has 0 saturated heterocycles. The van der Waals surface area contributed by atoms with E-state index in [4.69, 9.17) is 0 Å². The van der Waals surface area contributed by atoms with Gasteiger partial charge in [-0.3, -0.25) is 4.79 Å². The van der Waals surface area contributed by atoms with Crippen molar-refractivity contribution in [3.63, 3.8) is 0 Å². The van der Waals surface area contributed by atoms with Crippen molar-refractivity contribution in [3.05, 3.63) is 48.0 Å². The smallest absolute Gasteiger partial charge is 0.163 e. The molecule has 0 aliphatic heterocycles. The average molecular weight is 248 g/mol. The van der Waals surface area contributed by atoms with E-state index in [9.17, 15) is 4.79 Å². The maximum atomic E-state index is 12.1. The van der Waals surface area contributed by atoms with E-state index in [1.807, 2.05) is 36.0 Å². The Bertz CT molecular complexity index is 371. The van der Waals surface area contributed by atoms with E-state index in [1.165, 1.54) is 5.56 Å². The highest BCUT2D eigenvalue weighted by atomic mass is 32.2. The molecule has 0 N–H and O–H groups in total. The van der Waals surface area contributed by atoms with Crippen LogP contribution in [0.3, 0.4) is 0 Å². The van der Waals surface area contributed by atoms with Gasteiger partial charge in [0.2, 0.25) is 0 Å². The van der Waals surface area contributed by atoms with Gasteiger partial charge in [-0.2, -0.15) is 11.8 Å². The van der Waals surface area contributed by atoms with Gasteiger partial charge in [0, 0.05) is 17.7 Å². The van der Waals surface area contributed by atoms with Crippen LogP contribution in [0.15, 0.2) is 36.9 Å². The van der Waals surface area contributed by atoms with E-state index in [0.717, 1.165) is 29.9 Å². The van der Waals surface area contributed by atoms with Gasteiger partial charge < -0.3 is 0 Å². The highest BCUT2D eigenvalue weighted by Crippen LogP contribution is 2.18. The Balaban J connectivity index is 2.67. The second-order valence-corrected chi connectivity index (χ2v) is 5.17. The third-order valence-corrected chi connectivity index (χ3v) is 3.51. The summed E-state index contributed by atoms with van der Waals surface area (Å²) in [4.78, 5) is 12.1. The summed E-state index contributed by atoms with van der Waals surface area (Å²) in [5.74, 6) is 2.28. The molecule has 0 saturated carbocycles. The quantitative estimate of drug-likeness (QED) is 0.383. The van der Waals surface area contributed by atoms with E-state index in [1.54, 1.807) is 0 Å². The third kappa shape index (κ3) is 4.78. The fourth-order valence-corrected chi connectivity index (χ4v) is 2.35.